The van der Waals surface area contributed by atoms with Crippen LogP contribution in [0, 0.1) is 0 Å². The van der Waals surface area contributed by atoms with Crippen LogP contribution >= 0.6 is 0 Å². The molecule has 1 aliphatic heterocycles. The molecule has 0 atom stereocenters. The molecule has 0 bridgehead atoms. The number of fused-ring (bicyclic) bond motifs is 2. The smallest absolute Gasteiger partial charge is 0.292 e. The van der Waals surface area contributed by atoms with E-state index in [1.165, 1.54) is 11.9 Å². The normalized spacial score (nSPS) is 13.8. The molecule has 1 saturated heterocycles. The summed E-state index contributed by atoms with van der Waals surface area (Å²) >= 11 is 0. The first-order valence-corrected chi connectivity index (χ1v) is 15.9. The van der Waals surface area contributed by atoms with Crippen LogP contribution in [0.1, 0.15) is 21.2 Å². The Hall–Kier alpha value is -6.22. The number of hydrogen-bond acceptors (Lipinski definition) is 8. The highest BCUT2D eigenvalue weighted by Gasteiger charge is 2.20. The molecule has 2 aromatic carbocycles. The van der Waals surface area contributed by atoms with E-state index in [1.807, 2.05) is 42.1 Å². The number of anilines is 3. The zero-order chi connectivity index (χ0) is 33.8. The Balaban J connectivity index is 0.986. The molecule has 0 radical (unpaired) electrons. The van der Waals surface area contributed by atoms with E-state index in [4.69, 9.17) is 9.97 Å². The summed E-state index contributed by atoms with van der Waals surface area (Å²) < 4.78 is 5.05. The number of carbonyl (C=O) groups is 2. The van der Waals surface area contributed by atoms with Gasteiger partial charge in [0.1, 0.15) is 5.82 Å². The van der Waals surface area contributed by atoms with E-state index in [0.717, 1.165) is 65.3 Å². The first-order valence-electron chi connectivity index (χ1n) is 15.9. The largest absolute Gasteiger partial charge is 0.369 e. The molecule has 7 aromatic rings. The van der Waals surface area contributed by atoms with Gasteiger partial charge in [0, 0.05) is 83.4 Å². The Labute approximate surface area is 280 Å². The maximum Gasteiger partial charge on any atom is 0.292 e. The van der Waals surface area contributed by atoms with Crippen LogP contribution in [0.5, 0.6) is 0 Å². The molecule has 1 fully saturated rings. The summed E-state index contributed by atoms with van der Waals surface area (Å²) in [4.78, 5) is 55.5. The SMILES string of the molecule is CN1CCN(c2ccc3[nH]c(-c4ccc5[nH]c(-c6cc(NC(=O)c7nc(NC(=O)c8nccn8C)cn7C)cn6C)nc5c4)nc3c2)CC1. The van der Waals surface area contributed by atoms with E-state index >= 15 is 0 Å². The fourth-order valence-corrected chi connectivity index (χ4v) is 6.22. The first kappa shape index (κ1) is 30.1. The van der Waals surface area contributed by atoms with E-state index in [0.29, 0.717) is 11.5 Å². The number of nitrogens with zero attached hydrogens (tertiary/aromatic N) is 9. The maximum absolute atomic E-state index is 13.2. The summed E-state index contributed by atoms with van der Waals surface area (Å²) in [6, 6.07) is 14.3. The number of carbonyl (C=O) groups excluding carboxylic acids is 2. The molecule has 8 rings (SSSR count). The number of aryl methyl sites for hydroxylation is 3. The van der Waals surface area contributed by atoms with Crippen molar-refractivity contribution in [2.24, 2.45) is 21.1 Å². The molecule has 0 aliphatic carbocycles. The predicted molar refractivity (Wildman–Crippen MR) is 188 cm³/mol. The second-order valence-corrected chi connectivity index (χ2v) is 12.5. The van der Waals surface area contributed by atoms with Gasteiger partial charge in [-0.3, -0.25) is 9.59 Å². The molecule has 5 aromatic heterocycles. The molecule has 0 unspecified atom stereocenters. The Kier molecular flexibility index (Phi) is 7.25. The van der Waals surface area contributed by atoms with Crippen molar-refractivity contribution in [1.29, 1.82) is 0 Å². The number of imidazole rings is 4. The molecule has 6 heterocycles. The summed E-state index contributed by atoms with van der Waals surface area (Å²) in [5.74, 6) is 1.22. The van der Waals surface area contributed by atoms with E-state index in [2.05, 4.69) is 65.6 Å². The van der Waals surface area contributed by atoms with Crippen LogP contribution in [0.2, 0.25) is 0 Å². The topological polar surface area (TPSA) is 163 Å². The van der Waals surface area contributed by atoms with Crippen molar-refractivity contribution in [3.05, 3.63) is 78.9 Å². The lowest BCUT2D eigenvalue weighted by atomic mass is 10.2. The minimum atomic E-state index is -0.423. The molecule has 2 amide bonds. The highest BCUT2D eigenvalue weighted by molar-refractivity contribution is 6.04. The maximum atomic E-state index is 13.2. The molecular formula is C34H35N13O2. The van der Waals surface area contributed by atoms with Gasteiger partial charge in [0.15, 0.2) is 17.5 Å². The summed E-state index contributed by atoms with van der Waals surface area (Å²) in [6.45, 7) is 4.12. The van der Waals surface area contributed by atoms with Gasteiger partial charge in [-0.2, -0.15) is 0 Å². The molecule has 0 saturated carbocycles. The third kappa shape index (κ3) is 5.69. The van der Waals surface area contributed by atoms with Crippen molar-refractivity contribution >= 4 is 51.1 Å². The molecule has 248 valence electrons. The molecule has 15 heteroatoms. The summed E-state index contributed by atoms with van der Waals surface area (Å²) in [5, 5.41) is 5.60. The first-order chi connectivity index (χ1) is 23.7. The van der Waals surface area contributed by atoms with Crippen LogP contribution in [0.25, 0.3) is 45.0 Å². The average Bonchev–Trinajstić information content (AvgIpc) is 3.91. The van der Waals surface area contributed by atoms with Crippen LogP contribution in [0.4, 0.5) is 17.2 Å². The van der Waals surface area contributed by atoms with Crippen LogP contribution in [-0.4, -0.2) is 93.5 Å². The Bertz CT molecular complexity index is 2360. The van der Waals surface area contributed by atoms with Gasteiger partial charge in [-0.05, 0) is 49.5 Å². The van der Waals surface area contributed by atoms with Crippen molar-refractivity contribution in [3.8, 4) is 22.9 Å². The number of piperazine rings is 1. The van der Waals surface area contributed by atoms with Gasteiger partial charge in [-0.1, -0.05) is 0 Å². The van der Waals surface area contributed by atoms with Crippen molar-refractivity contribution < 1.29 is 9.59 Å². The standard InChI is InChI=1S/C34H35N13O2/c1-43-11-13-47(14-12-43)22-6-8-24-26(17-22)39-29(37-24)20-5-7-23-25(15-20)40-30(38-23)27-16-21(18-45(27)3)36-34(49)32-41-28(19-46(32)4)42-33(48)31-35-9-10-44(31)2/h5-10,15-19H,11-14H2,1-4H3,(H,36,49)(H,37,39)(H,38,40)(H,42,48). The summed E-state index contributed by atoms with van der Waals surface area (Å²) in [5.41, 5.74) is 7.10. The van der Waals surface area contributed by atoms with Gasteiger partial charge in [0.05, 0.1) is 33.4 Å². The van der Waals surface area contributed by atoms with Crippen LogP contribution in [0.3, 0.4) is 0 Å². The number of hydrogen-bond donors (Lipinski definition) is 4. The van der Waals surface area contributed by atoms with Gasteiger partial charge < -0.3 is 44.1 Å². The Morgan fingerprint density at radius 1 is 0.714 bits per heavy atom. The number of aromatic amines is 2. The van der Waals surface area contributed by atoms with E-state index < -0.39 is 11.8 Å². The fraction of sp³-hybridized carbons (Fsp3) is 0.235. The number of likely N-dealkylation sites (N-methyl/N-ethyl adjacent to an activating group) is 1. The van der Waals surface area contributed by atoms with Crippen molar-refractivity contribution in [2.75, 3.05) is 48.8 Å². The second kappa shape index (κ2) is 11.8. The molecule has 1 aliphatic rings. The monoisotopic (exact) mass is 657 g/mol. The average molecular weight is 658 g/mol. The number of benzene rings is 2. The highest BCUT2D eigenvalue weighted by atomic mass is 16.2. The van der Waals surface area contributed by atoms with Gasteiger partial charge in [-0.15, -0.1) is 0 Å². The van der Waals surface area contributed by atoms with E-state index in [1.54, 1.807) is 35.6 Å². The van der Waals surface area contributed by atoms with Crippen molar-refractivity contribution in [1.82, 2.24) is 48.5 Å². The van der Waals surface area contributed by atoms with Gasteiger partial charge in [0.25, 0.3) is 11.8 Å². The second-order valence-electron chi connectivity index (χ2n) is 12.5. The van der Waals surface area contributed by atoms with Gasteiger partial charge in [-0.25, -0.2) is 19.9 Å². The lowest BCUT2D eigenvalue weighted by Gasteiger charge is -2.34. The van der Waals surface area contributed by atoms with Crippen LogP contribution in [0.15, 0.2) is 67.3 Å². The lowest BCUT2D eigenvalue weighted by molar-refractivity contribution is 0.0999. The quantitative estimate of drug-likeness (QED) is 0.201. The van der Waals surface area contributed by atoms with Crippen LogP contribution in [-0.2, 0) is 21.1 Å². The third-order valence-corrected chi connectivity index (χ3v) is 8.94. The number of nitrogens with one attached hydrogen (secondary N) is 4. The minimum Gasteiger partial charge on any atom is -0.369 e. The molecule has 0 spiro atoms. The number of aromatic nitrogens is 9. The molecule has 15 nitrogen and oxygen atoms in total. The summed E-state index contributed by atoms with van der Waals surface area (Å²) in [7, 11) is 7.46. The van der Waals surface area contributed by atoms with E-state index in [9.17, 15) is 9.59 Å². The Morgan fingerprint density at radius 2 is 1.43 bits per heavy atom. The highest BCUT2D eigenvalue weighted by Crippen LogP contribution is 2.29. The van der Waals surface area contributed by atoms with Gasteiger partial charge >= 0.3 is 0 Å². The minimum absolute atomic E-state index is 0.137. The number of rotatable bonds is 7. The number of H-pyrrole nitrogens is 2. The van der Waals surface area contributed by atoms with Crippen LogP contribution < -0.4 is 15.5 Å². The zero-order valence-corrected chi connectivity index (χ0v) is 27.5. The summed E-state index contributed by atoms with van der Waals surface area (Å²) in [6.07, 6.45) is 6.60. The molecule has 49 heavy (non-hydrogen) atoms. The van der Waals surface area contributed by atoms with Gasteiger partial charge in [0.2, 0.25) is 5.82 Å². The number of amides is 2. The van der Waals surface area contributed by atoms with Crippen molar-refractivity contribution in [3.63, 3.8) is 0 Å². The third-order valence-electron chi connectivity index (χ3n) is 8.94. The molecular weight excluding hydrogens is 622 g/mol. The molecule has 4 N–H and O–H groups in total. The lowest BCUT2D eigenvalue weighted by Crippen LogP contribution is -2.44. The van der Waals surface area contributed by atoms with E-state index in [-0.39, 0.29) is 17.5 Å². The zero-order valence-electron chi connectivity index (χ0n) is 27.5. The predicted octanol–water partition coefficient (Wildman–Crippen LogP) is 3.84. The van der Waals surface area contributed by atoms with Crippen molar-refractivity contribution in [2.45, 2.75) is 0 Å². The fourth-order valence-electron chi connectivity index (χ4n) is 6.22. The Morgan fingerprint density at radius 3 is 2.20 bits per heavy atom.